The molecule has 1 aromatic heterocycles. The van der Waals surface area contributed by atoms with Crippen molar-refractivity contribution in [3.63, 3.8) is 0 Å². The van der Waals surface area contributed by atoms with Crippen LogP contribution >= 0.6 is 23.4 Å². The van der Waals surface area contributed by atoms with E-state index in [2.05, 4.69) is 11.1 Å². The monoisotopic (exact) mass is 304 g/mol. The summed E-state index contributed by atoms with van der Waals surface area (Å²) in [6.07, 6.45) is 2.53. The van der Waals surface area contributed by atoms with E-state index < -0.39 is 0 Å². The Morgan fingerprint density at radius 3 is 2.85 bits per heavy atom. The molecule has 0 saturated heterocycles. The van der Waals surface area contributed by atoms with Crippen molar-refractivity contribution >= 4 is 23.4 Å². The van der Waals surface area contributed by atoms with Gasteiger partial charge in [0.25, 0.3) is 0 Å². The molecule has 5 heteroatoms. The molecule has 2 aromatic rings. The van der Waals surface area contributed by atoms with Gasteiger partial charge in [0.05, 0.1) is 22.2 Å². The Morgan fingerprint density at radius 1 is 1.25 bits per heavy atom. The average molecular weight is 305 g/mol. The number of benzene rings is 1. The molecule has 0 aliphatic carbocycles. The number of nitriles is 1. The van der Waals surface area contributed by atoms with Crippen molar-refractivity contribution in [2.45, 2.75) is 11.4 Å². The van der Waals surface area contributed by atoms with Gasteiger partial charge in [-0.15, -0.1) is 11.8 Å². The maximum atomic E-state index is 8.94. The maximum absolute atomic E-state index is 8.94. The van der Waals surface area contributed by atoms with E-state index in [-0.39, 0.29) is 0 Å². The van der Waals surface area contributed by atoms with Crippen molar-refractivity contribution in [1.82, 2.24) is 4.98 Å². The van der Waals surface area contributed by atoms with Gasteiger partial charge in [-0.3, -0.25) is 0 Å². The van der Waals surface area contributed by atoms with E-state index in [1.165, 1.54) is 0 Å². The van der Waals surface area contributed by atoms with E-state index in [9.17, 15) is 0 Å². The Labute approximate surface area is 127 Å². The molecule has 0 bridgehead atoms. The highest BCUT2D eigenvalue weighted by Gasteiger charge is 2.01. The van der Waals surface area contributed by atoms with E-state index in [1.54, 1.807) is 24.0 Å². The molecule has 0 atom stereocenters. The van der Waals surface area contributed by atoms with Gasteiger partial charge in [0.1, 0.15) is 11.8 Å². The summed E-state index contributed by atoms with van der Waals surface area (Å²) >= 11 is 7.43. The van der Waals surface area contributed by atoms with Gasteiger partial charge in [0.15, 0.2) is 0 Å². The van der Waals surface area contributed by atoms with Crippen LogP contribution in [0, 0.1) is 11.3 Å². The van der Waals surface area contributed by atoms with Crippen LogP contribution in [0.2, 0.25) is 5.02 Å². The third-order valence-corrected chi connectivity index (χ3v) is 3.76. The normalized spacial score (nSPS) is 10.0. The molecule has 0 fully saturated rings. The molecule has 0 unspecified atom stereocenters. The molecule has 1 aromatic carbocycles. The van der Waals surface area contributed by atoms with E-state index in [0.717, 1.165) is 17.2 Å². The average Bonchev–Trinajstić information content (AvgIpc) is 2.49. The van der Waals surface area contributed by atoms with Crippen LogP contribution in [0.5, 0.6) is 5.75 Å². The van der Waals surface area contributed by atoms with Crippen LogP contribution in [0.15, 0.2) is 47.6 Å². The molecule has 0 amide bonds. The van der Waals surface area contributed by atoms with Gasteiger partial charge >= 0.3 is 0 Å². The molecule has 102 valence electrons. The Kier molecular flexibility index (Phi) is 5.72. The van der Waals surface area contributed by atoms with E-state index >= 15 is 0 Å². The lowest BCUT2D eigenvalue weighted by molar-refractivity contribution is 0.318. The van der Waals surface area contributed by atoms with Gasteiger partial charge in [-0.1, -0.05) is 23.7 Å². The highest BCUT2D eigenvalue weighted by molar-refractivity contribution is 7.99. The fourth-order valence-electron chi connectivity index (χ4n) is 1.55. The van der Waals surface area contributed by atoms with E-state index in [4.69, 9.17) is 21.6 Å². The summed E-state index contributed by atoms with van der Waals surface area (Å²) in [7, 11) is 0. The Bertz CT molecular complexity index is 596. The van der Waals surface area contributed by atoms with Crippen LogP contribution in [-0.2, 0) is 0 Å². The van der Waals surface area contributed by atoms with Crippen LogP contribution in [0.1, 0.15) is 12.0 Å². The Hall–Kier alpha value is -1.70. The number of para-hydroxylation sites is 1. The van der Waals surface area contributed by atoms with Crippen molar-refractivity contribution in [2.75, 3.05) is 12.4 Å². The number of ether oxygens (including phenoxy) is 1. The highest BCUT2D eigenvalue weighted by atomic mass is 35.5. The zero-order valence-corrected chi connectivity index (χ0v) is 12.3. The predicted octanol–water partition coefficient (Wildman–Crippen LogP) is 4.17. The lowest BCUT2D eigenvalue weighted by Crippen LogP contribution is -2.00. The topological polar surface area (TPSA) is 45.9 Å². The molecule has 20 heavy (non-hydrogen) atoms. The van der Waals surface area contributed by atoms with Gasteiger partial charge in [-0.05, 0) is 30.7 Å². The fourth-order valence-corrected chi connectivity index (χ4v) is 2.42. The summed E-state index contributed by atoms with van der Waals surface area (Å²) in [5.41, 5.74) is 0.569. The first-order chi connectivity index (χ1) is 9.79. The van der Waals surface area contributed by atoms with Crippen molar-refractivity contribution in [2.24, 2.45) is 0 Å². The number of thioether (sulfide) groups is 1. The molecule has 1 heterocycles. The minimum atomic E-state index is 0.569. The third kappa shape index (κ3) is 4.44. The zero-order valence-electron chi connectivity index (χ0n) is 10.8. The quantitative estimate of drug-likeness (QED) is 0.593. The molecular weight excluding hydrogens is 292 g/mol. The van der Waals surface area contributed by atoms with Crippen LogP contribution in [-0.4, -0.2) is 17.3 Å². The summed E-state index contributed by atoms with van der Waals surface area (Å²) in [5.74, 6) is 1.55. The van der Waals surface area contributed by atoms with Gasteiger partial charge in [-0.25, -0.2) is 4.98 Å². The first kappa shape index (κ1) is 14.7. The smallest absolute Gasteiger partial charge is 0.137 e. The summed E-state index contributed by atoms with van der Waals surface area (Å²) in [5, 5.41) is 10.5. The Morgan fingerprint density at radius 2 is 2.10 bits per heavy atom. The van der Waals surface area contributed by atoms with Gasteiger partial charge in [0.2, 0.25) is 0 Å². The number of hydrogen-bond acceptors (Lipinski definition) is 4. The predicted molar refractivity (Wildman–Crippen MR) is 81.2 cm³/mol. The largest absolute Gasteiger partial charge is 0.492 e. The molecule has 0 radical (unpaired) electrons. The summed E-state index contributed by atoms with van der Waals surface area (Å²) in [6, 6.07) is 13.1. The number of nitrogens with zero attached hydrogens (tertiary/aromatic N) is 2. The standard InChI is InChI=1S/C15H13ClN2OS/c16-13-6-7-15(18-11-13)20-9-3-8-19-14-5-2-1-4-12(14)10-17/h1-2,4-7,11H,3,8-9H2. The van der Waals surface area contributed by atoms with Crippen LogP contribution in [0.25, 0.3) is 0 Å². The number of pyridine rings is 1. The third-order valence-electron chi connectivity index (χ3n) is 2.50. The number of rotatable bonds is 6. The van der Waals surface area contributed by atoms with Crippen molar-refractivity contribution in [1.29, 1.82) is 5.26 Å². The van der Waals surface area contributed by atoms with Crippen molar-refractivity contribution < 1.29 is 4.74 Å². The van der Waals surface area contributed by atoms with Gasteiger partial charge in [-0.2, -0.15) is 5.26 Å². The minimum absolute atomic E-state index is 0.569. The zero-order chi connectivity index (χ0) is 14.2. The molecule has 0 saturated carbocycles. The molecule has 2 rings (SSSR count). The van der Waals surface area contributed by atoms with Crippen LogP contribution < -0.4 is 4.74 Å². The number of halogens is 1. The van der Waals surface area contributed by atoms with Gasteiger partial charge < -0.3 is 4.74 Å². The SMILES string of the molecule is N#Cc1ccccc1OCCCSc1ccc(Cl)cn1. The summed E-state index contributed by atoms with van der Waals surface area (Å²) < 4.78 is 5.61. The lowest BCUT2D eigenvalue weighted by Gasteiger charge is -2.07. The lowest BCUT2D eigenvalue weighted by atomic mass is 10.2. The summed E-state index contributed by atoms with van der Waals surface area (Å²) in [4.78, 5) is 4.21. The van der Waals surface area contributed by atoms with Crippen LogP contribution in [0.3, 0.4) is 0 Å². The maximum Gasteiger partial charge on any atom is 0.137 e. The molecule has 0 aliphatic rings. The summed E-state index contributed by atoms with van der Waals surface area (Å²) in [6.45, 7) is 0.583. The molecule has 0 aliphatic heterocycles. The first-order valence-corrected chi connectivity index (χ1v) is 7.52. The molecule has 0 spiro atoms. The second-order valence-corrected chi connectivity index (χ2v) is 5.52. The fraction of sp³-hybridized carbons (Fsp3) is 0.200. The molecule has 3 nitrogen and oxygen atoms in total. The number of hydrogen-bond donors (Lipinski definition) is 0. The van der Waals surface area contributed by atoms with Gasteiger partial charge in [0, 0.05) is 11.9 Å². The number of aromatic nitrogens is 1. The van der Waals surface area contributed by atoms with Crippen molar-refractivity contribution in [3.8, 4) is 11.8 Å². The second-order valence-electron chi connectivity index (χ2n) is 3.97. The second kappa shape index (κ2) is 7.78. The van der Waals surface area contributed by atoms with E-state index in [0.29, 0.717) is 22.9 Å². The molecule has 0 N–H and O–H groups in total. The Balaban J connectivity index is 1.72. The first-order valence-electron chi connectivity index (χ1n) is 6.16. The molecular formula is C15H13ClN2OS. The minimum Gasteiger partial charge on any atom is -0.492 e. The highest BCUT2D eigenvalue weighted by Crippen LogP contribution is 2.19. The van der Waals surface area contributed by atoms with Crippen molar-refractivity contribution in [3.05, 3.63) is 53.2 Å². The van der Waals surface area contributed by atoms with E-state index in [1.807, 2.05) is 30.3 Å². The van der Waals surface area contributed by atoms with Crippen LogP contribution in [0.4, 0.5) is 0 Å².